The molecule has 3 heterocycles. The van der Waals surface area contributed by atoms with Crippen molar-refractivity contribution in [1.29, 1.82) is 0 Å². The molecule has 0 aliphatic carbocycles. The molecule has 5 rings (SSSR count). The van der Waals surface area contributed by atoms with Gasteiger partial charge in [0.05, 0.1) is 18.9 Å². The first kappa shape index (κ1) is 23.2. The molecule has 35 heavy (non-hydrogen) atoms. The molecule has 1 aliphatic rings. The Morgan fingerprint density at radius 2 is 1.94 bits per heavy atom. The number of benzene rings is 2. The van der Waals surface area contributed by atoms with E-state index in [1.807, 2.05) is 53.4 Å². The zero-order valence-corrected chi connectivity index (χ0v) is 20.9. The second-order valence-electron chi connectivity index (χ2n) is 8.92. The molecule has 8 nitrogen and oxygen atoms in total. The Bertz CT molecular complexity index is 1300. The second-order valence-corrected chi connectivity index (χ2v) is 9.30. The van der Waals surface area contributed by atoms with Crippen LogP contribution in [0.15, 0.2) is 55.0 Å². The average Bonchev–Trinajstić information content (AvgIpc) is 3.40. The first-order chi connectivity index (χ1) is 17.0. The number of ether oxygens (including phenoxy) is 2. The first-order valence-corrected chi connectivity index (χ1v) is 12.2. The minimum atomic E-state index is 0.154. The number of nitrogens with zero attached hydrogens (tertiary/aromatic N) is 5. The fraction of sp³-hybridized carbons (Fsp3) is 0.346. The Labute approximate surface area is 209 Å². The third kappa shape index (κ3) is 5.12. The van der Waals surface area contributed by atoms with Crippen molar-refractivity contribution in [1.82, 2.24) is 24.3 Å². The van der Waals surface area contributed by atoms with Crippen LogP contribution in [0, 0.1) is 0 Å². The van der Waals surface area contributed by atoms with E-state index in [1.165, 1.54) is 5.56 Å². The summed E-state index contributed by atoms with van der Waals surface area (Å²) < 4.78 is 15.3. The van der Waals surface area contributed by atoms with Crippen LogP contribution in [-0.4, -0.2) is 37.5 Å². The lowest BCUT2D eigenvalue weighted by Crippen LogP contribution is -2.09. The van der Waals surface area contributed by atoms with Crippen molar-refractivity contribution in [3.63, 3.8) is 0 Å². The van der Waals surface area contributed by atoms with Crippen LogP contribution in [0.3, 0.4) is 0 Å². The number of fused-ring (bicyclic) bond motifs is 1. The molecule has 0 spiro atoms. The molecule has 4 aromatic rings. The minimum Gasteiger partial charge on any atom is -0.494 e. The van der Waals surface area contributed by atoms with Gasteiger partial charge in [-0.2, -0.15) is 4.98 Å². The average molecular weight is 493 g/mol. The van der Waals surface area contributed by atoms with Crippen molar-refractivity contribution < 1.29 is 9.47 Å². The van der Waals surface area contributed by atoms with E-state index in [4.69, 9.17) is 31.2 Å². The standard InChI is InChI=1S/C26H29ClN6O2/c1-17(2)35-20-10-7-18(8-11-20)21-6-4-5-13-33-25(21)30-26(31-33)29-19-9-12-22(23(14-19)34-3)32-15-24(27)28-16-32/h7-12,14-17,21H,4-6,13H2,1-3H3,(H,29,31). The topological polar surface area (TPSA) is 79.0 Å². The molecule has 0 amide bonds. The highest BCUT2D eigenvalue weighted by atomic mass is 35.5. The van der Waals surface area contributed by atoms with Crippen LogP contribution in [0.2, 0.25) is 5.15 Å². The fourth-order valence-electron chi connectivity index (χ4n) is 4.46. The predicted molar refractivity (Wildman–Crippen MR) is 136 cm³/mol. The number of nitrogens with one attached hydrogen (secondary N) is 1. The molecule has 1 atom stereocenters. The molecule has 1 unspecified atom stereocenters. The van der Waals surface area contributed by atoms with Gasteiger partial charge in [-0.3, -0.25) is 0 Å². The zero-order chi connectivity index (χ0) is 24.4. The largest absolute Gasteiger partial charge is 0.494 e. The minimum absolute atomic E-state index is 0.154. The van der Waals surface area contributed by atoms with Crippen LogP contribution in [0.25, 0.3) is 5.69 Å². The van der Waals surface area contributed by atoms with E-state index < -0.39 is 0 Å². The summed E-state index contributed by atoms with van der Waals surface area (Å²) in [5.74, 6) is 3.32. The molecule has 182 valence electrons. The molecule has 0 saturated carbocycles. The van der Waals surface area contributed by atoms with Gasteiger partial charge >= 0.3 is 0 Å². The van der Waals surface area contributed by atoms with Gasteiger partial charge in [-0.15, -0.1) is 5.10 Å². The molecule has 0 bridgehead atoms. The Balaban J connectivity index is 1.39. The number of rotatable bonds is 7. The lowest BCUT2D eigenvalue weighted by atomic mass is 9.93. The first-order valence-electron chi connectivity index (χ1n) is 11.9. The number of hydrogen-bond donors (Lipinski definition) is 1. The lowest BCUT2D eigenvalue weighted by molar-refractivity contribution is 0.242. The quantitative estimate of drug-likeness (QED) is 0.342. The van der Waals surface area contributed by atoms with Crippen LogP contribution in [0.4, 0.5) is 11.6 Å². The van der Waals surface area contributed by atoms with Crippen molar-refractivity contribution in [2.75, 3.05) is 12.4 Å². The zero-order valence-electron chi connectivity index (χ0n) is 20.1. The summed E-state index contributed by atoms with van der Waals surface area (Å²) in [6.07, 6.45) is 6.81. The Morgan fingerprint density at radius 1 is 1.11 bits per heavy atom. The molecule has 0 fully saturated rings. The van der Waals surface area contributed by atoms with E-state index in [2.05, 4.69) is 22.4 Å². The SMILES string of the molecule is COc1cc(Nc2nc3n(n2)CCCCC3c2ccc(OC(C)C)cc2)ccc1-n1cnc(Cl)c1. The van der Waals surface area contributed by atoms with Crippen molar-refractivity contribution in [2.45, 2.75) is 51.7 Å². The molecule has 1 N–H and O–H groups in total. The van der Waals surface area contributed by atoms with E-state index in [1.54, 1.807) is 19.6 Å². The summed E-state index contributed by atoms with van der Waals surface area (Å²) in [6.45, 7) is 4.93. The number of hydrogen-bond acceptors (Lipinski definition) is 6. The maximum Gasteiger partial charge on any atom is 0.246 e. The van der Waals surface area contributed by atoms with Crippen LogP contribution >= 0.6 is 11.6 Å². The van der Waals surface area contributed by atoms with E-state index in [0.717, 1.165) is 48.8 Å². The van der Waals surface area contributed by atoms with Crippen molar-refractivity contribution in [2.24, 2.45) is 0 Å². The Morgan fingerprint density at radius 3 is 2.66 bits per heavy atom. The summed E-state index contributed by atoms with van der Waals surface area (Å²) >= 11 is 5.98. The summed E-state index contributed by atoms with van der Waals surface area (Å²) in [5, 5.41) is 8.55. The van der Waals surface area contributed by atoms with E-state index in [0.29, 0.717) is 16.9 Å². The maximum absolute atomic E-state index is 5.98. The van der Waals surface area contributed by atoms with Gasteiger partial charge in [0.1, 0.15) is 28.8 Å². The van der Waals surface area contributed by atoms with Crippen molar-refractivity contribution in [3.8, 4) is 17.2 Å². The van der Waals surface area contributed by atoms with Gasteiger partial charge in [0.25, 0.3) is 0 Å². The predicted octanol–water partition coefficient (Wildman–Crippen LogP) is 5.97. The molecule has 0 saturated heterocycles. The molecular weight excluding hydrogens is 464 g/mol. The summed E-state index contributed by atoms with van der Waals surface area (Å²) in [4.78, 5) is 8.99. The number of halogens is 1. The van der Waals surface area contributed by atoms with Crippen LogP contribution in [0.5, 0.6) is 11.5 Å². The summed E-state index contributed by atoms with van der Waals surface area (Å²) in [6, 6.07) is 14.2. The number of imidazole rings is 1. The Kier molecular flexibility index (Phi) is 6.63. The summed E-state index contributed by atoms with van der Waals surface area (Å²) in [7, 11) is 1.64. The van der Waals surface area contributed by atoms with Gasteiger partial charge in [0.15, 0.2) is 0 Å². The van der Waals surface area contributed by atoms with E-state index in [-0.39, 0.29) is 12.0 Å². The van der Waals surface area contributed by atoms with Gasteiger partial charge in [-0.05, 0) is 56.5 Å². The third-order valence-corrected chi connectivity index (χ3v) is 6.24. The number of aromatic nitrogens is 5. The molecule has 2 aromatic heterocycles. The van der Waals surface area contributed by atoms with Crippen molar-refractivity contribution in [3.05, 3.63) is 71.5 Å². The molecule has 1 aliphatic heterocycles. The molecule has 9 heteroatoms. The number of aryl methyl sites for hydroxylation is 1. The lowest BCUT2D eigenvalue weighted by Gasteiger charge is -2.16. The van der Waals surface area contributed by atoms with Gasteiger partial charge in [-0.1, -0.05) is 30.2 Å². The molecule has 0 radical (unpaired) electrons. The summed E-state index contributed by atoms with van der Waals surface area (Å²) in [5.41, 5.74) is 2.91. The van der Waals surface area contributed by atoms with Gasteiger partial charge in [0, 0.05) is 30.4 Å². The second kappa shape index (κ2) is 10.00. The smallest absolute Gasteiger partial charge is 0.246 e. The van der Waals surface area contributed by atoms with E-state index >= 15 is 0 Å². The van der Waals surface area contributed by atoms with Gasteiger partial charge in [-0.25, -0.2) is 9.67 Å². The fourth-order valence-corrected chi connectivity index (χ4v) is 4.61. The van der Waals surface area contributed by atoms with Gasteiger partial charge < -0.3 is 19.4 Å². The highest BCUT2D eigenvalue weighted by molar-refractivity contribution is 6.29. The Hall–Kier alpha value is -3.52. The van der Waals surface area contributed by atoms with Gasteiger partial charge in [0.2, 0.25) is 5.95 Å². The van der Waals surface area contributed by atoms with Crippen LogP contribution in [-0.2, 0) is 6.54 Å². The van der Waals surface area contributed by atoms with Crippen molar-refractivity contribution >= 4 is 23.2 Å². The van der Waals surface area contributed by atoms with Crippen LogP contribution < -0.4 is 14.8 Å². The number of methoxy groups -OCH3 is 1. The monoisotopic (exact) mass is 492 g/mol. The molecule has 2 aromatic carbocycles. The van der Waals surface area contributed by atoms with E-state index in [9.17, 15) is 0 Å². The number of anilines is 2. The highest BCUT2D eigenvalue weighted by Gasteiger charge is 2.25. The normalized spacial score (nSPS) is 15.5. The molecular formula is C26H29ClN6O2. The highest BCUT2D eigenvalue weighted by Crippen LogP contribution is 2.34. The maximum atomic E-state index is 5.98. The van der Waals surface area contributed by atoms with Crippen LogP contribution in [0.1, 0.15) is 50.4 Å². The third-order valence-electron chi connectivity index (χ3n) is 6.04.